The third-order valence-electron chi connectivity index (χ3n) is 2.95. The summed E-state index contributed by atoms with van der Waals surface area (Å²) in [7, 11) is 0. The molecule has 0 unspecified atom stereocenters. The first-order valence-corrected chi connectivity index (χ1v) is 6.30. The van der Waals surface area contributed by atoms with E-state index in [1.165, 1.54) is 0 Å². The van der Waals surface area contributed by atoms with Crippen LogP contribution in [0, 0.1) is 11.3 Å². The van der Waals surface area contributed by atoms with Gasteiger partial charge in [0.15, 0.2) is 0 Å². The van der Waals surface area contributed by atoms with Crippen LogP contribution in [0.25, 0.3) is 0 Å². The molecule has 0 fully saturated rings. The van der Waals surface area contributed by atoms with Crippen LogP contribution in [-0.2, 0) is 0 Å². The van der Waals surface area contributed by atoms with Crippen molar-refractivity contribution in [3.8, 4) is 6.07 Å². The average molecular weight is 268 g/mol. The largest absolute Gasteiger partial charge is 0.397 e. The Labute approximate surface area is 117 Å². The smallest absolute Gasteiger partial charge is 0.272 e. The Hall–Kier alpha value is -2.74. The van der Waals surface area contributed by atoms with Gasteiger partial charge in [-0.05, 0) is 32.0 Å². The number of hydrogen-bond donors (Lipinski definition) is 2. The number of carbonyl (C=O) groups is 1. The number of hydrogen-bond acceptors (Lipinski definition) is 3. The molecule has 0 radical (unpaired) electrons. The summed E-state index contributed by atoms with van der Waals surface area (Å²) >= 11 is 0. The van der Waals surface area contributed by atoms with Crippen molar-refractivity contribution in [3.63, 3.8) is 0 Å². The minimum absolute atomic E-state index is 0.124. The van der Waals surface area contributed by atoms with Gasteiger partial charge in [0.25, 0.3) is 5.91 Å². The van der Waals surface area contributed by atoms with E-state index in [0.29, 0.717) is 22.6 Å². The van der Waals surface area contributed by atoms with E-state index in [2.05, 4.69) is 5.32 Å². The van der Waals surface area contributed by atoms with Crippen LogP contribution in [-0.4, -0.2) is 10.5 Å². The molecule has 0 saturated carbocycles. The molecule has 5 heteroatoms. The molecule has 2 rings (SSSR count). The molecule has 5 nitrogen and oxygen atoms in total. The zero-order valence-electron chi connectivity index (χ0n) is 11.4. The summed E-state index contributed by atoms with van der Waals surface area (Å²) in [4.78, 5) is 12.3. The van der Waals surface area contributed by atoms with Crippen LogP contribution >= 0.6 is 0 Å². The molecule has 0 bridgehead atoms. The van der Waals surface area contributed by atoms with Crippen molar-refractivity contribution < 1.29 is 4.79 Å². The molecule has 0 saturated heterocycles. The van der Waals surface area contributed by atoms with Gasteiger partial charge in [0.1, 0.15) is 11.8 Å². The lowest BCUT2D eigenvalue weighted by atomic mass is 10.2. The summed E-state index contributed by atoms with van der Waals surface area (Å²) in [6, 6.07) is 10.7. The zero-order chi connectivity index (χ0) is 14.7. The molecule has 102 valence electrons. The van der Waals surface area contributed by atoms with Gasteiger partial charge in [-0.3, -0.25) is 4.79 Å². The van der Waals surface area contributed by atoms with Crippen LogP contribution in [0.4, 0.5) is 11.4 Å². The van der Waals surface area contributed by atoms with Crippen molar-refractivity contribution in [3.05, 3.63) is 47.8 Å². The predicted molar refractivity (Wildman–Crippen MR) is 78.3 cm³/mol. The van der Waals surface area contributed by atoms with Crippen LogP contribution in [0.15, 0.2) is 36.5 Å². The Morgan fingerprint density at radius 1 is 1.40 bits per heavy atom. The fraction of sp³-hybridized carbons (Fsp3) is 0.200. The number of benzene rings is 1. The number of nitrogens with two attached hydrogens (primary N) is 1. The maximum absolute atomic E-state index is 12.3. The number of nitrogens with one attached hydrogen (secondary N) is 1. The first-order valence-electron chi connectivity index (χ1n) is 6.30. The molecule has 3 N–H and O–H groups in total. The number of aromatic nitrogens is 1. The van der Waals surface area contributed by atoms with Gasteiger partial charge in [0, 0.05) is 12.2 Å². The number of anilines is 2. The summed E-state index contributed by atoms with van der Waals surface area (Å²) in [5.41, 5.74) is 7.69. The molecular weight excluding hydrogens is 252 g/mol. The van der Waals surface area contributed by atoms with Crippen molar-refractivity contribution in [2.75, 3.05) is 11.1 Å². The number of carbonyl (C=O) groups excluding carboxylic acids is 1. The van der Waals surface area contributed by atoms with Crippen molar-refractivity contribution in [2.24, 2.45) is 0 Å². The van der Waals surface area contributed by atoms with Gasteiger partial charge >= 0.3 is 0 Å². The molecule has 1 heterocycles. The summed E-state index contributed by atoms with van der Waals surface area (Å²) in [6.07, 6.45) is 1.73. The fourth-order valence-corrected chi connectivity index (χ4v) is 1.99. The molecule has 1 aromatic heterocycles. The zero-order valence-corrected chi connectivity index (χ0v) is 11.4. The SMILES string of the molecule is CC(C)n1cc(N)cc1C(=O)Nc1ccccc1C#N. The highest BCUT2D eigenvalue weighted by molar-refractivity contribution is 6.04. The number of nitrogens with zero attached hydrogens (tertiary/aromatic N) is 2. The molecule has 20 heavy (non-hydrogen) atoms. The second-order valence-corrected chi connectivity index (χ2v) is 4.77. The summed E-state index contributed by atoms with van der Waals surface area (Å²) in [5.74, 6) is -0.280. The standard InChI is InChI=1S/C15H16N4O/c1-10(2)19-9-12(17)7-14(19)15(20)18-13-6-4-3-5-11(13)8-16/h3-7,9-10H,17H2,1-2H3,(H,18,20). The highest BCUT2D eigenvalue weighted by Crippen LogP contribution is 2.19. The maximum atomic E-state index is 12.3. The second kappa shape index (κ2) is 5.49. The second-order valence-electron chi connectivity index (χ2n) is 4.77. The van der Waals surface area contributed by atoms with Crippen molar-refractivity contribution in [1.29, 1.82) is 5.26 Å². The van der Waals surface area contributed by atoms with Crippen LogP contribution in [0.5, 0.6) is 0 Å². The number of amides is 1. The molecule has 0 spiro atoms. The monoisotopic (exact) mass is 268 g/mol. The topological polar surface area (TPSA) is 83.8 Å². The molecule has 0 aliphatic heterocycles. The number of para-hydroxylation sites is 1. The van der Waals surface area contributed by atoms with Gasteiger partial charge in [-0.1, -0.05) is 12.1 Å². The Bertz CT molecular complexity index is 679. The summed E-state index contributed by atoms with van der Waals surface area (Å²) < 4.78 is 1.81. The van der Waals surface area contributed by atoms with Crippen LogP contribution in [0.3, 0.4) is 0 Å². The number of nitriles is 1. The fourth-order valence-electron chi connectivity index (χ4n) is 1.99. The predicted octanol–water partition coefficient (Wildman–Crippen LogP) is 2.78. The molecule has 1 amide bonds. The highest BCUT2D eigenvalue weighted by Gasteiger charge is 2.16. The van der Waals surface area contributed by atoms with E-state index in [1.807, 2.05) is 19.9 Å². The Morgan fingerprint density at radius 2 is 2.10 bits per heavy atom. The molecule has 0 aliphatic rings. The van der Waals surface area contributed by atoms with E-state index in [9.17, 15) is 4.79 Å². The van der Waals surface area contributed by atoms with Crippen LogP contribution < -0.4 is 11.1 Å². The molecule has 0 aliphatic carbocycles. The Balaban J connectivity index is 2.32. The van der Waals surface area contributed by atoms with Crippen molar-refractivity contribution in [2.45, 2.75) is 19.9 Å². The van der Waals surface area contributed by atoms with E-state index >= 15 is 0 Å². The molecule has 0 atom stereocenters. The average Bonchev–Trinajstić information content (AvgIpc) is 2.82. The van der Waals surface area contributed by atoms with E-state index in [0.717, 1.165) is 0 Å². The minimum atomic E-state index is -0.280. The minimum Gasteiger partial charge on any atom is -0.397 e. The van der Waals surface area contributed by atoms with Crippen LogP contribution in [0.2, 0.25) is 0 Å². The Kier molecular flexibility index (Phi) is 3.76. The number of rotatable bonds is 3. The summed E-state index contributed by atoms with van der Waals surface area (Å²) in [5, 5.41) is 11.8. The van der Waals surface area contributed by atoms with Crippen molar-refractivity contribution in [1.82, 2.24) is 4.57 Å². The third kappa shape index (κ3) is 2.64. The lowest BCUT2D eigenvalue weighted by Gasteiger charge is -2.13. The lowest BCUT2D eigenvalue weighted by molar-refractivity contribution is 0.101. The molecule has 2 aromatic rings. The van der Waals surface area contributed by atoms with Crippen molar-refractivity contribution >= 4 is 17.3 Å². The van der Waals surface area contributed by atoms with Gasteiger partial charge in [0.05, 0.1) is 16.9 Å². The molecular formula is C15H16N4O. The van der Waals surface area contributed by atoms with E-state index in [1.54, 1.807) is 41.1 Å². The quantitative estimate of drug-likeness (QED) is 0.897. The van der Waals surface area contributed by atoms with Gasteiger partial charge in [-0.15, -0.1) is 0 Å². The van der Waals surface area contributed by atoms with E-state index in [-0.39, 0.29) is 11.9 Å². The third-order valence-corrected chi connectivity index (χ3v) is 2.95. The van der Waals surface area contributed by atoms with E-state index < -0.39 is 0 Å². The van der Waals surface area contributed by atoms with E-state index in [4.69, 9.17) is 11.0 Å². The summed E-state index contributed by atoms with van der Waals surface area (Å²) in [6.45, 7) is 3.94. The highest BCUT2D eigenvalue weighted by atomic mass is 16.1. The normalized spacial score (nSPS) is 10.3. The number of nitrogen functional groups attached to an aromatic ring is 1. The van der Waals surface area contributed by atoms with Gasteiger partial charge in [0.2, 0.25) is 0 Å². The van der Waals surface area contributed by atoms with Gasteiger partial charge in [-0.2, -0.15) is 5.26 Å². The lowest BCUT2D eigenvalue weighted by Crippen LogP contribution is -2.18. The van der Waals surface area contributed by atoms with Gasteiger partial charge < -0.3 is 15.6 Å². The van der Waals surface area contributed by atoms with Crippen LogP contribution in [0.1, 0.15) is 35.9 Å². The first kappa shape index (κ1) is 13.7. The maximum Gasteiger partial charge on any atom is 0.272 e. The molecule has 1 aromatic carbocycles. The Morgan fingerprint density at radius 3 is 2.75 bits per heavy atom. The van der Waals surface area contributed by atoms with Gasteiger partial charge in [-0.25, -0.2) is 0 Å². The first-order chi connectivity index (χ1) is 9.52.